The molecule has 0 N–H and O–H groups in total. The molecule has 0 heterocycles. The molecule has 0 fully saturated rings. The highest BCUT2D eigenvalue weighted by atomic mass is 16.5. The molecule has 0 saturated carbocycles. The molecule has 0 aliphatic rings. The van der Waals surface area contributed by atoms with Gasteiger partial charge in [0.25, 0.3) is 0 Å². The highest BCUT2D eigenvalue weighted by molar-refractivity contribution is 5.21. The zero-order valence-corrected chi connectivity index (χ0v) is 12.5. The van der Waals surface area contributed by atoms with Gasteiger partial charge in [0.05, 0.1) is 6.26 Å². The fraction of sp³-hybridized carbons (Fsp3) is 0.529. The summed E-state index contributed by atoms with van der Waals surface area (Å²) in [5.74, 6) is 1.80. The monoisotopic (exact) mass is 262 g/mol. The molecular weight excluding hydrogens is 236 g/mol. The summed E-state index contributed by atoms with van der Waals surface area (Å²) in [5.41, 5.74) is 0. The van der Waals surface area contributed by atoms with Crippen molar-refractivity contribution in [2.24, 2.45) is 11.8 Å². The van der Waals surface area contributed by atoms with E-state index in [0.717, 1.165) is 12.2 Å². The second kappa shape index (κ2) is 7.88. The second-order valence-corrected chi connectivity index (χ2v) is 5.53. The van der Waals surface area contributed by atoms with Crippen molar-refractivity contribution in [3.8, 4) is 5.75 Å². The number of benzene rings is 1. The predicted octanol–water partition coefficient (Wildman–Crippen LogP) is 4.66. The van der Waals surface area contributed by atoms with E-state index in [2.05, 4.69) is 34.3 Å². The van der Waals surface area contributed by atoms with Crippen LogP contribution in [0.1, 0.15) is 34.1 Å². The summed E-state index contributed by atoms with van der Waals surface area (Å²) >= 11 is 0. The van der Waals surface area contributed by atoms with Crippen LogP contribution in [0.15, 0.2) is 43.2 Å². The smallest absolute Gasteiger partial charge is 0.119 e. The van der Waals surface area contributed by atoms with E-state index in [1.165, 1.54) is 6.26 Å². The van der Waals surface area contributed by atoms with Crippen molar-refractivity contribution in [3.05, 3.63) is 43.2 Å². The molecule has 2 nitrogen and oxygen atoms in total. The SMILES string of the molecule is C=CO[C@@H](C[C@@H](Oc1ccccc1)C(C)C)C(C)C. The molecule has 0 bridgehead atoms. The number of ether oxygens (including phenoxy) is 2. The molecule has 0 aliphatic carbocycles. The van der Waals surface area contributed by atoms with Crippen LogP contribution in [0, 0.1) is 11.8 Å². The van der Waals surface area contributed by atoms with Crippen LogP contribution in [0.25, 0.3) is 0 Å². The van der Waals surface area contributed by atoms with E-state index in [0.29, 0.717) is 11.8 Å². The molecule has 0 unspecified atom stereocenters. The van der Waals surface area contributed by atoms with Crippen molar-refractivity contribution < 1.29 is 9.47 Å². The lowest BCUT2D eigenvalue weighted by Crippen LogP contribution is -2.31. The first-order valence-electron chi connectivity index (χ1n) is 7.02. The number of para-hydroxylation sites is 1. The van der Waals surface area contributed by atoms with Crippen LogP contribution in [0.2, 0.25) is 0 Å². The summed E-state index contributed by atoms with van der Waals surface area (Å²) in [7, 11) is 0. The van der Waals surface area contributed by atoms with E-state index in [9.17, 15) is 0 Å². The Morgan fingerprint density at radius 3 is 2.05 bits per heavy atom. The Balaban J connectivity index is 2.69. The van der Waals surface area contributed by atoms with Gasteiger partial charge in [-0.15, -0.1) is 0 Å². The molecule has 19 heavy (non-hydrogen) atoms. The summed E-state index contributed by atoms with van der Waals surface area (Å²) in [6.45, 7) is 12.3. The number of hydrogen-bond acceptors (Lipinski definition) is 2. The van der Waals surface area contributed by atoms with E-state index in [1.807, 2.05) is 30.3 Å². The van der Waals surface area contributed by atoms with Crippen LogP contribution >= 0.6 is 0 Å². The minimum Gasteiger partial charge on any atom is -0.498 e. The van der Waals surface area contributed by atoms with E-state index < -0.39 is 0 Å². The maximum atomic E-state index is 6.09. The summed E-state index contributed by atoms with van der Waals surface area (Å²) < 4.78 is 11.7. The van der Waals surface area contributed by atoms with Crippen LogP contribution in [0.3, 0.4) is 0 Å². The maximum Gasteiger partial charge on any atom is 0.119 e. The first-order valence-corrected chi connectivity index (χ1v) is 7.02. The van der Waals surface area contributed by atoms with Gasteiger partial charge in [0, 0.05) is 6.42 Å². The Labute approximate surface area is 117 Å². The van der Waals surface area contributed by atoms with Gasteiger partial charge >= 0.3 is 0 Å². The van der Waals surface area contributed by atoms with Gasteiger partial charge < -0.3 is 9.47 Å². The Morgan fingerprint density at radius 2 is 1.58 bits per heavy atom. The minimum absolute atomic E-state index is 0.147. The van der Waals surface area contributed by atoms with Crippen LogP contribution in [0.4, 0.5) is 0 Å². The molecule has 106 valence electrons. The van der Waals surface area contributed by atoms with E-state index in [-0.39, 0.29) is 12.2 Å². The third-order valence-corrected chi connectivity index (χ3v) is 3.25. The molecular formula is C17H26O2. The zero-order chi connectivity index (χ0) is 14.3. The maximum absolute atomic E-state index is 6.09. The third-order valence-electron chi connectivity index (χ3n) is 3.25. The van der Waals surface area contributed by atoms with Crippen molar-refractivity contribution in [2.45, 2.75) is 46.3 Å². The highest BCUT2D eigenvalue weighted by Gasteiger charge is 2.23. The molecule has 1 aromatic rings. The van der Waals surface area contributed by atoms with Gasteiger partial charge in [-0.1, -0.05) is 52.5 Å². The molecule has 0 radical (unpaired) electrons. The minimum atomic E-state index is 0.147. The predicted molar refractivity (Wildman–Crippen MR) is 80.2 cm³/mol. The van der Waals surface area contributed by atoms with Crippen molar-refractivity contribution in [2.75, 3.05) is 0 Å². The van der Waals surface area contributed by atoms with Gasteiger partial charge in [0.2, 0.25) is 0 Å². The topological polar surface area (TPSA) is 18.5 Å². The lowest BCUT2D eigenvalue weighted by atomic mass is 9.95. The molecule has 0 aliphatic heterocycles. The molecule has 0 saturated heterocycles. The quantitative estimate of drug-likeness (QED) is 0.634. The summed E-state index contributed by atoms with van der Waals surface area (Å²) in [4.78, 5) is 0. The van der Waals surface area contributed by atoms with Gasteiger partial charge in [-0.2, -0.15) is 0 Å². The number of hydrogen-bond donors (Lipinski definition) is 0. The normalized spacial score (nSPS) is 14.2. The average Bonchev–Trinajstić information content (AvgIpc) is 2.38. The molecule has 0 spiro atoms. The Bertz CT molecular complexity index is 357. The summed E-state index contributed by atoms with van der Waals surface area (Å²) in [6.07, 6.45) is 2.70. The summed E-state index contributed by atoms with van der Waals surface area (Å²) in [6, 6.07) is 9.97. The van der Waals surface area contributed by atoms with Crippen molar-refractivity contribution in [1.82, 2.24) is 0 Å². The van der Waals surface area contributed by atoms with Crippen LogP contribution in [-0.2, 0) is 4.74 Å². The van der Waals surface area contributed by atoms with Crippen LogP contribution in [0.5, 0.6) is 5.75 Å². The van der Waals surface area contributed by atoms with Crippen LogP contribution in [-0.4, -0.2) is 12.2 Å². The Morgan fingerprint density at radius 1 is 1.00 bits per heavy atom. The van der Waals surface area contributed by atoms with Crippen molar-refractivity contribution in [1.29, 1.82) is 0 Å². The lowest BCUT2D eigenvalue weighted by Gasteiger charge is -2.28. The molecule has 0 aromatic heterocycles. The largest absolute Gasteiger partial charge is 0.498 e. The average molecular weight is 262 g/mol. The van der Waals surface area contributed by atoms with E-state index >= 15 is 0 Å². The van der Waals surface area contributed by atoms with Gasteiger partial charge in [0.15, 0.2) is 0 Å². The Kier molecular flexibility index (Phi) is 6.48. The van der Waals surface area contributed by atoms with Crippen molar-refractivity contribution in [3.63, 3.8) is 0 Å². The highest BCUT2D eigenvalue weighted by Crippen LogP contribution is 2.22. The molecule has 2 atom stereocenters. The standard InChI is InChI=1S/C17H26O2/c1-6-18-16(13(2)3)12-17(14(4)5)19-15-10-8-7-9-11-15/h6-11,13-14,16-17H,1,12H2,2-5H3/t16-,17+/m0/s1. The second-order valence-electron chi connectivity index (χ2n) is 5.53. The van der Waals surface area contributed by atoms with Gasteiger partial charge in [-0.05, 0) is 24.0 Å². The summed E-state index contributed by atoms with van der Waals surface area (Å²) in [5, 5.41) is 0. The van der Waals surface area contributed by atoms with E-state index in [1.54, 1.807) is 0 Å². The molecule has 2 heteroatoms. The fourth-order valence-corrected chi connectivity index (χ4v) is 1.97. The third kappa shape index (κ3) is 5.37. The zero-order valence-electron chi connectivity index (χ0n) is 12.5. The van der Waals surface area contributed by atoms with Crippen LogP contribution < -0.4 is 4.74 Å². The first-order chi connectivity index (χ1) is 9.04. The Hall–Kier alpha value is -1.44. The van der Waals surface area contributed by atoms with E-state index in [4.69, 9.17) is 9.47 Å². The van der Waals surface area contributed by atoms with Crippen molar-refractivity contribution >= 4 is 0 Å². The number of rotatable bonds is 8. The van der Waals surface area contributed by atoms with Gasteiger partial charge in [-0.3, -0.25) is 0 Å². The fourth-order valence-electron chi connectivity index (χ4n) is 1.97. The first kappa shape index (κ1) is 15.6. The lowest BCUT2D eigenvalue weighted by molar-refractivity contribution is 0.0345. The van der Waals surface area contributed by atoms with Gasteiger partial charge in [0.1, 0.15) is 18.0 Å². The molecule has 1 aromatic carbocycles. The molecule has 1 rings (SSSR count). The van der Waals surface area contributed by atoms with Gasteiger partial charge in [-0.25, -0.2) is 0 Å². The molecule has 0 amide bonds.